The fourth-order valence-electron chi connectivity index (χ4n) is 4.01. The van der Waals surface area contributed by atoms with Gasteiger partial charge >= 0.3 is 29.6 Å². The molecule has 0 aliphatic rings. The molecule has 5 aromatic carbocycles. The first-order valence-corrected chi connectivity index (χ1v) is 13.2. The van der Waals surface area contributed by atoms with Gasteiger partial charge < -0.3 is 15.4 Å². The Morgan fingerprint density at radius 3 is 1.75 bits per heavy atom. The fraction of sp³-hybridized carbons (Fsp3) is 0.0345. The number of benzene rings is 5. The summed E-state index contributed by atoms with van der Waals surface area (Å²) >= 11 is 0. The minimum atomic E-state index is -4.74. The summed E-state index contributed by atoms with van der Waals surface area (Å²) in [7, 11) is -4.74. The molecule has 0 bridgehead atoms. The Morgan fingerprint density at radius 2 is 1.20 bits per heavy atom. The molecule has 0 radical (unpaired) electrons. The molecule has 5 rings (SSSR count). The molecule has 0 saturated carbocycles. The Balaban J connectivity index is 0.00000370. The van der Waals surface area contributed by atoms with E-state index in [9.17, 15) is 18.1 Å². The molecule has 11 heteroatoms. The number of nitrogens with zero attached hydrogens (tertiary/aromatic N) is 4. The van der Waals surface area contributed by atoms with Crippen molar-refractivity contribution >= 4 is 49.3 Å². The number of aromatic hydroxyl groups is 1. The Hall–Kier alpha value is -3.93. The number of azo groups is 2. The second-order valence-electron chi connectivity index (χ2n) is 8.77. The summed E-state index contributed by atoms with van der Waals surface area (Å²) in [6, 6.07) is 27.5. The van der Waals surface area contributed by atoms with Crippen LogP contribution in [0.2, 0.25) is 0 Å². The van der Waals surface area contributed by atoms with Gasteiger partial charge in [-0.1, -0.05) is 48.5 Å². The van der Waals surface area contributed by atoms with Crippen LogP contribution in [-0.4, -0.2) is 18.1 Å². The molecular weight excluding hydrogens is 537 g/mol. The zero-order valence-corrected chi connectivity index (χ0v) is 24.5. The Kier molecular flexibility index (Phi) is 8.77. The van der Waals surface area contributed by atoms with Crippen LogP contribution in [0.1, 0.15) is 5.56 Å². The second kappa shape index (κ2) is 12.1. The van der Waals surface area contributed by atoms with E-state index in [-0.39, 0.29) is 52.1 Å². The van der Waals surface area contributed by atoms with Gasteiger partial charge in [-0.2, -0.15) is 15.3 Å². The SMILES string of the molecule is Cc1cc(N=Nc2ccc(-c3ccc(N=Nc4cc(S(=O)(=O)[O-])c5ccccc5c4N)cc3)cc2)ccc1O.[Na+]. The third-order valence-electron chi connectivity index (χ3n) is 6.10. The van der Waals surface area contributed by atoms with Crippen molar-refractivity contribution in [3.8, 4) is 16.9 Å². The van der Waals surface area contributed by atoms with Gasteiger partial charge in [0, 0.05) is 10.8 Å². The third kappa shape index (κ3) is 6.44. The van der Waals surface area contributed by atoms with E-state index >= 15 is 0 Å². The van der Waals surface area contributed by atoms with Gasteiger partial charge in [0.1, 0.15) is 21.6 Å². The molecule has 0 unspecified atom stereocenters. The molecule has 5 aromatic rings. The number of hydrogen-bond donors (Lipinski definition) is 2. The molecule has 0 aromatic heterocycles. The first kappa shape index (κ1) is 29.1. The predicted octanol–water partition coefficient (Wildman–Crippen LogP) is 4.84. The largest absolute Gasteiger partial charge is 1.00 e. The van der Waals surface area contributed by atoms with E-state index in [1.54, 1.807) is 55.5 Å². The van der Waals surface area contributed by atoms with Crippen molar-refractivity contribution in [2.45, 2.75) is 11.8 Å². The molecule has 0 aliphatic carbocycles. The van der Waals surface area contributed by atoms with Crippen LogP contribution < -0.4 is 35.3 Å². The summed E-state index contributed by atoms with van der Waals surface area (Å²) in [5.41, 5.74) is 11.0. The first-order chi connectivity index (χ1) is 18.7. The number of rotatable bonds is 6. The van der Waals surface area contributed by atoms with Crippen molar-refractivity contribution in [1.29, 1.82) is 0 Å². The normalized spacial score (nSPS) is 11.8. The third-order valence-corrected chi connectivity index (χ3v) is 6.97. The number of phenols is 1. The monoisotopic (exact) mass is 559 g/mol. The summed E-state index contributed by atoms with van der Waals surface area (Å²) in [5, 5.41) is 27.1. The van der Waals surface area contributed by atoms with Crippen LogP contribution in [-0.2, 0) is 10.1 Å². The van der Waals surface area contributed by atoms with Crippen LogP contribution >= 0.6 is 0 Å². The molecule has 194 valence electrons. The summed E-state index contributed by atoms with van der Waals surface area (Å²) in [6.07, 6.45) is 0. The van der Waals surface area contributed by atoms with E-state index in [1.165, 1.54) is 6.07 Å². The molecule has 0 atom stereocenters. The van der Waals surface area contributed by atoms with Crippen molar-refractivity contribution in [1.82, 2.24) is 0 Å². The number of fused-ring (bicyclic) bond motifs is 1. The number of anilines is 1. The van der Waals surface area contributed by atoms with E-state index in [2.05, 4.69) is 20.5 Å². The molecule has 0 fully saturated rings. The van der Waals surface area contributed by atoms with Crippen molar-refractivity contribution in [2.24, 2.45) is 20.5 Å². The van der Waals surface area contributed by atoms with Crippen LogP contribution in [0.4, 0.5) is 28.4 Å². The van der Waals surface area contributed by atoms with Gasteiger partial charge in [0.15, 0.2) is 0 Å². The zero-order chi connectivity index (χ0) is 27.6. The smallest absolute Gasteiger partial charge is 0.744 e. The summed E-state index contributed by atoms with van der Waals surface area (Å²) in [5.74, 6) is 0.215. The van der Waals surface area contributed by atoms with Crippen molar-refractivity contribution in [3.05, 3.63) is 103 Å². The topological polar surface area (TPSA) is 153 Å². The van der Waals surface area contributed by atoms with Crippen molar-refractivity contribution in [3.63, 3.8) is 0 Å². The van der Waals surface area contributed by atoms with Crippen molar-refractivity contribution < 1.29 is 47.6 Å². The maximum absolute atomic E-state index is 11.8. The Morgan fingerprint density at radius 1 is 0.700 bits per heavy atom. The van der Waals surface area contributed by atoms with E-state index < -0.39 is 15.0 Å². The number of hydrogen-bond acceptors (Lipinski definition) is 9. The maximum Gasteiger partial charge on any atom is 1.00 e. The van der Waals surface area contributed by atoms with Gasteiger partial charge in [0.05, 0.1) is 27.6 Å². The van der Waals surface area contributed by atoms with Gasteiger partial charge in [0.2, 0.25) is 0 Å². The zero-order valence-electron chi connectivity index (χ0n) is 21.7. The summed E-state index contributed by atoms with van der Waals surface area (Å²) in [4.78, 5) is -0.391. The molecule has 9 nitrogen and oxygen atoms in total. The molecule has 0 saturated heterocycles. The summed E-state index contributed by atoms with van der Waals surface area (Å²) in [6.45, 7) is 1.80. The molecule has 0 spiro atoms. The molecule has 40 heavy (non-hydrogen) atoms. The van der Waals surface area contributed by atoms with E-state index in [1.807, 2.05) is 36.4 Å². The number of nitrogen functional groups attached to an aromatic ring is 1. The minimum absolute atomic E-state index is 0. The average Bonchev–Trinajstić information content (AvgIpc) is 2.93. The van der Waals surface area contributed by atoms with Crippen LogP contribution in [0.25, 0.3) is 21.9 Å². The number of nitrogens with two attached hydrogens (primary N) is 1. The van der Waals surface area contributed by atoms with Crippen LogP contribution in [0.15, 0.2) is 122 Å². The van der Waals surface area contributed by atoms with Crippen LogP contribution in [0.3, 0.4) is 0 Å². The van der Waals surface area contributed by atoms with E-state index in [0.29, 0.717) is 22.4 Å². The standard InChI is InChI=1S/C29H23N5O4S.Na/c1-18-16-23(14-15-27(18)35)33-31-21-10-6-19(7-11-21)20-8-12-22(13-9-20)32-34-26-17-28(39(36,37)38)24-4-2-3-5-25(24)29(26)30;/h2-17,35H,30H2,1H3,(H,36,37,38);/q;+1/p-1. The average molecular weight is 560 g/mol. The van der Waals surface area contributed by atoms with Gasteiger partial charge in [-0.15, -0.1) is 5.11 Å². The Labute approximate surface area is 253 Å². The fourth-order valence-corrected chi connectivity index (χ4v) is 4.71. The maximum atomic E-state index is 11.8. The van der Waals surface area contributed by atoms with Crippen LogP contribution in [0, 0.1) is 6.92 Å². The summed E-state index contributed by atoms with van der Waals surface area (Å²) < 4.78 is 35.4. The van der Waals surface area contributed by atoms with Crippen molar-refractivity contribution in [2.75, 3.05) is 5.73 Å². The molecule has 0 heterocycles. The van der Waals surface area contributed by atoms with Gasteiger partial charge in [-0.25, -0.2) is 8.42 Å². The molecule has 0 aliphatic heterocycles. The number of aryl methyl sites for hydroxylation is 1. The first-order valence-electron chi connectivity index (χ1n) is 11.8. The second-order valence-corrected chi connectivity index (χ2v) is 10.1. The number of phenolic OH excluding ortho intramolecular Hbond substituents is 1. The molecule has 0 amide bonds. The van der Waals surface area contributed by atoms with Gasteiger partial charge in [0.25, 0.3) is 0 Å². The Bertz CT molecular complexity index is 1860. The van der Waals surface area contributed by atoms with E-state index in [0.717, 1.165) is 22.8 Å². The van der Waals surface area contributed by atoms with E-state index in [4.69, 9.17) is 5.73 Å². The predicted molar refractivity (Wildman–Crippen MR) is 149 cm³/mol. The molecule has 3 N–H and O–H groups in total. The quantitative estimate of drug-likeness (QED) is 0.132. The van der Waals surface area contributed by atoms with Gasteiger partial charge in [-0.3, -0.25) is 0 Å². The van der Waals surface area contributed by atoms with Gasteiger partial charge in [-0.05, 0) is 72.1 Å². The molecular formula is C29H22N5NaO4S. The minimum Gasteiger partial charge on any atom is -0.744 e. The van der Waals surface area contributed by atoms with Crippen LogP contribution in [0.5, 0.6) is 5.75 Å².